The van der Waals surface area contributed by atoms with Crippen LogP contribution < -0.4 is 5.32 Å². The lowest BCUT2D eigenvalue weighted by Crippen LogP contribution is -2.21. The van der Waals surface area contributed by atoms with Gasteiger partial charge in [-0.1, -0.05) is 13.0 Å². The number of tetrazole rings is 1. The zero-order chi connectivity index (χ0) is 13.8. The molecule has 1 heterocycles. The number of hydrogen-bond acceptors (Lipinski definition) is 6. The van der Waals surface area contributed by atoms with Crippen molar-refractivity contribution >= 4 is 5.69 Å². The number of rotatable bonds is 5. The highest BCUT2D eigenvalue weighted by molar-refractivity contribution is 5.42. The Hall–Kier alpha value is -2.35. The van der Waals surface area contributed by atoms with Gasteiger partial charge in [0.2, 0.25) is 0 Å². The molecule has 1 atom stereocenters. The zero-order valence-corrected chi connectivity index (χ0v) is 10.6. The molecule has 1 aromatic heterocycles. The quantitative estimate of drug-likeness (QED) is 0.643. The Morgan fingerprint density at radius 1 is 1.53 bits per heavy atom. The predicted molar refractivity (Wildman–Crippen MR) is 67.9 cm³/mol. The van der Waals surface area contributed by atoms with Crippen molar-refractivity contribution in [1.82, 2.24) is 25.5 Å². The predicted octanol–water partition coefficient (Wildman–Crippen LogP) is 1.24. The van der Waals surface area contributed by atoms with Crippen LogP contribution in [0.15, 0.2) is 24.3 Å². The Morgan fingerprint density at radius 2 is 2.32 bits per heavy atom. The van der Waals surface area contributed by atoms with E-state index >= 15 is 0 Å². The molecule has 2 rings (SSSR count). The summed E-state index contributed by atoms with van der Waals surface area (Å²) in [6, 6.07) is 6.17. The van der Waals surface area contributed by atoms with Crippen LogP contribution in [0.1, 0.15) is 25.7 Å². The number of nitro groups is 1. The molecule has 8 nitrogen and oxygen atoms in total. The highest BCUT2D eigenvalue weighted by atomic mass is 16.6. The Bertz CT molecular complexity index is 582. The standard InChI is InChI=1S/C11H14N6O2/c1-3-12-8(2)11-13-14-15-16(11)9-5-4-6-10(7-9)17(18)19/h4-8,12H,3H2,1-2H3. The highest BCUT2D eigenvalue weighted by Gasteiger charge is 2.16. The summed E-state index contributed by atoms with van der Waals surface area (Å²) in [7, 11) is 0. The van der Waals surface area contributed by atoms with Crippen molar-refractivity contribution in [3.8, 4) is 5.69 Å². The third kappa shape index (κ3) is 2.74. The Morgan fingerprint density at radius 3 is 3.00 bits per heavy atom. The number of hydrogen-bond donors (Lipinski definition) is 1. The van der Waals surface area contributed by atoms with Gasteiger partial charge in [0.1, 0.15) is 0 Å². The fourth-order valence-corrected chi connectivity index (χ4v) is 1.78. The molecule has 8 heteroatoms. The van der Waals surface area contributed by atoms with E-state index in [0.29, 0.717) is 11.5 Å². The monoisotopic (exact) mass is 262 g/mol. The van der Waals surface area contributed by atoms with Gasteiger partial charge in [0, 0.05) is 12.1 Å². The lowest BCUT2D eigenvalue weighted by molar-refractivity contribution is -0.384. The van der Waals surface area contributed by atoms with E-state index in [4.69, 9.17) is 0 Å². The van der Waals surface area contributed by atoms with Gasteiger partial charge in [-0.2, -0.15) is 4.68 Å². The van der Waals surface area contributed by atoms with Gasteiger partial charge in [0.05, 0.1) is 16.7 Å². The first-order valence-corrected chi connectivity index (χ1v) is 5.90. The van der Waals surface area contributed by atoms with Crippen molar-refractivity contribution in [2.24, 2.45) is 0 Å². The van der Waals surface area contributed by atoms with E-state index in [-0.39, 0.29) is 11.7 Å². The molecule has 0 bridgehead atoms. The van der Waals surface area contributed by atoms with E-state index < -0.39 is 4.92 Å². The smallest absolute Gasteiger partial charge is 0.271 e. The first-order valence-electron chi connectivity index (χ1n) is 5.90. The van der Waals surface area contributed by atoms with E-state index in [0.717, 1.165) is 6.54 Å². The number of non-ortho nitro benzene ring substituents is 1. The summed E-state index contributed by atoms with van der Waals surface area (Å²) in [5.41, 5.74) is 0.578. The van der Waals surface area contributed by atoms with Crippen molar-refractivity contribution < 1.29 is 4.92 Å². The molecule has 0 radical (unpaired) electrons. The van der Waals surface area contributed by atoms with Crippen LogP contribution in [-0.4, -0.2) is 31.7 Å². The number of nitrogens with one attached hydrogen (secondary N) is 1. The number of nitro benzene ring substituents is 1. The maximum absolute atomic E-state index is 10.8. The molecule has 1 aromatic carbocycles. The first-order chi connectivity index (χ1) is 9.13. The second-order valence-electron chi connectivity index (χ2n) is 4.01. The SMILES string of the molecule is CCNC(C)c1nnnn1-c1cccc([N+](=O)[O-])c1. The third-order valence-electron chi connectivity index (χ3n) is 2.68. The molecular formula is C11H14N6O2. The summed E-state index contributed by atoms with van der Waals surface area (Å²) in [5, 5.41) is 25.4. The maximum Gasteiger partial charge on any atom is 0.271 e. The van der Waals surface area contributed by atoms with Crippen LogP contribution in [0.25, 0.3) is 5.69 Å². The van der Waals surface area contributed by atoms with Crippen molar-refractivity contribution in [3.05, 3.63) is 40.2 Å². The van der Waals surface area contributed by atoms with Crippen LogP contribution >= 0.6 is 0 Å². The number of aromatic nitrogens is 4. The van der Waals surface area contributed by atoms with Gasteiger partial charge in [-0.25, -0.2) is 0 Å². The van der Waals surface area contributed by atoms with E-state index in [1.165, 1.54) is 16.8 Å². The van der Waals surface area contributed by atoms with Gasteiger partial charge in [-0.05, 0) is 30.0 Å². The molecule has 0 amide bonds. The van der Waals surface area contributed by atoms with E-state index in [2.05, 4.69) is 20.8 Å². The Kier molecular flexibility index (Phi) is 3.81. The van der Waals surface area contributed by atoms with Crippen LogP contribution in [0, 0.1) is 10.1 Å². The average molecular weight is 262 g/mol. The van der Waals surface area contributed by atoms with Crippen LogP contribution in [0.2, 0.25) is 0 Å². The molecule has 0 fully saturated rings. The lowest BCUT2D eigenvalue weighted by atomic mass is 10.2. The number of nitrogens with zero attached hydrogens (tertiary/aromatic N) is 5. The van der Waals surface area contributed by atoms with Crippen LogP contribution in [-0.2, 0) is 0 Å². The normalized spacial score (nSPS) is 12.3. The minimum absolute atomic E-state index is 0.00931. The summed E-state index contributed by atoms with van der Waals surface area (Å²) >= 11 is 0. The van der Waals surface area contributed by atoms with Gasteiger partial charge < -0.3 is 5.32 Å². The summed E-state index contributed by atoms with van der Waals surface area (Å²) in [6.07, 6.45) is 0. The Balaban J connectivity index is 2.39. The van der Waals surface area contributed by atoms with E-state index in [1.54, 1.807) is 12.1 Å². The van der Waals surface area contributed by atoms with Gasteiger partial charge >= 0.3 is 0 Å². The van der Waals surface area contributed by atoms with E-state index in [1.807, 2.05) is 13.8 Å². The van der Waals surface area contributed by atoms with Gasteiger partial charge in [0.25, 0.3) is 5.69 Å². The largest absolute Gasteiger partial charge is 0.308 e. The molecule has 100 valence electrons. The zero-order valence-electron chi connectivity index (χ0n) is 10.6. The van der Waals surface area contributed by atoms with Gasteiger partial charge in [0.15, 0.2) is 5.82 Å². The van der Waals surface area contributed by atoms with Crippen molar-refractivity contribution in [2.45, 2.75) is 19.9 Å². The molecule has 2 aromatic rings. The van der Waals surface area contributed by atoms with Crippen molar-refractivity contribution in [3.63, 3.8) is 0 Å². The summed E-state index contributed by atoms with van der Waals surface area (Å²) in [4.78, 5) is 10.3. The molecule has 0 spiro atoms. The van der Waals surface area contributed by atoms with Gasteiger partial charge in [-0.15, -0.1) is 5.10 Å². The molecule has 0 aliphatic heterocycles. The highest BCUT2D eigenvalue weighted by Crippen LogP contribution is 2.18. The molecule has 1 N–H and O–H groups in total. The minimum Gasteiger partial charge on any atom is -0.308 e. The fourth-order valence-electron chi connectivity index (χ4n) is 1.78. The lowest BCUT2D eigenvalue weighted by Gasteiger charge is -2.11. The summed E-state index contributed by atoms with van der Waals surface area (Å²) < 4.78 is 1.50. The molecule has 1 unspecified atom stereocenters. The summed E-state index contributed by atoms with van der Waals surface area (Å²) in [5.74, 6) is 0.613. The topological polar surface area (TPSA) is 98.8 Å². The molecule has 0 saturated carbocycles. The van der Waals surface area contributed by atoms with Crippen molar-refractivity contribution in [2.75, 3.05) is 6.54 Å². The minimum atomic E-state index is -0.443. The first kappa shape index (κ1) is 13.1. The third-order valence-corrected chi connectivity index (χ3v) is 2.68. The number of benzene rings is 1. The molecule has 0 saturated heterocycles. The van der Waals surface area contributed by atoms with Crippen LogP contribution in [0.4, 0.5) is 5.69 Å². The maximum atomic E-state index is 10.8. The van der Waals surface area contributed by atoms with Crippen LogP contribution in [0.5, 0.6) is 0 Å². The second-order valence-corrected chi connectivity index (χ2v) is 4.01. The van der Waals surface area contributed by atoms with Gasteiger partial charge in [-0.3, -0.25) is 10.1 Å². The molecule has 0 aliphatic rings. The second kappa shape index (κ2) is 5.53. The fraction of sp³-hybridized carbons (Fsp3) is 0.364. The Labute approximate surface area is 109 Å². The van der Waals surface area contributed by atoms with E-state index in [9.17, 15) is 10.1 Å². The van der Waals surface area contributed by atoms with Crippen molar-refractivity contribution in [1.29, 1.82) is 0 Å². The molecule has 0 aliphatic carbocycles. The summed E-state index contributed by atoms with van der Waals surface area (Å²) in [6.45, 7) is 4.70. The average Bonchev–Trinajstić information content (AvgIpc) is 2.88. The van der Waals surface area contributed by atoms with Crippen LogP contribution in [0.3, 0.4) is 0 Å². The molecule has 19 heavy (non-hydrogen) atoms. The molecular weight excluding hydrogens is 248 g/mol.